The Hall–Kier alpha value is -2.66. The molecule has 0 saturated carbocycles. The van der Waals surface area contributed by atoms with Crippen molar-refractivity contribution in [1.29, 1.82) is 5.26 Å². The zero-order chi connectivity index (χ0) is 19.6. The summed E-state index contributed by atoms with van der Waals surface area (Å²) in [7, 11) is 0. The molecule has 1 amide bonds. The Labute approximate surface area is 163 Å². The maximum atomic E-state index is 12.3. The quantitative estimate of drug-likeness (QED) is 0.515. The predicted molar refractivity (Wildman–Crippen MR) is 106 cm³/mol. The van der Waals surface area contributed by atoms with Gasteiger partial charge in [-0.3, -0.25) is 4.79 Å². The summed E-state index contributed by atoms with van der Waals surface area (Å²) < 4.78 is 0. The second kappa shape index (κ2) is 10.5. The molecule has 1 saturated heterocycles. The lowest BCUT2D eigenvalue weighted by Gasteiger charge is -2.35. The third kappa shape index (κ3) is 6.22. The number of hydrogen-bond donors (Lipinski definition) is 2. The summed E-state index contributed by atoms with van der Waals surface area (Å²) in [6.07, 6.45) is 3.72. The third-order valence-electron chi connectivity index (χ3n) is 4.33. The molecule has 0 aliphatic carbocycles. The van der Waals surface area contributed by atoms with Crippen LogP contribution in [0.15, 0.2) is 42.1 Å². The first-order valence-corrected chi connectivity index (χ1v) is 10.1. The van der Waals surface area contributed by atoms with Crippen molar-refractivity contribution in [2.24, 2.45) is 0 Å². The van der Waals surface area contributed by atoms with Gasteiger partial charge < -0.3 is 20.2 Å². The SMILES string of the molecule is CSCCC(NC(=O)/C(C#N)=C\N1CCN(c2ccccc2)CC1)C(=O)O. The van der Waals surface area contributed by atoms with Crippen LogP contribution >= 0.6 is 11.8 Å². The van der Waals surface area contributed by atoms with E-state index in [2.05, 4.69) is 22.3 Å². The Bertz CT molecular complexity index is 709. The van der Waals surface area contributed by atoms with E-state index in [9.17, 15) is 20.0 Å². The minimum Gasteiger partial charge on any atom is -0.480 e. The third-order valence-corrected chi connectivity index (χ3v) is 4.97. The highest BCUT2D eigenvalue weighted by Crippen LogP contribution is 2.16. The number of piperazine rings is 1. The van der Waals surface area contributed by atoms with Gasteiger partial charge in [-0.25, -0.2) is 4.79 Å². The standard InChI is InChI=1S/C19H24N4O3S/c1-27-12-7-17(19(25)26)21-18(24)15(13-20)14-22-8-10-23(11-9-22)16-5-3-2-4-6-16/h2-6,14,17H,7-12H2,1H3,(H,21,24)(H,25,26)/b15-14-. The summed E-state index contributed by atoms with van der Waals surface area (Å²) in [4.78, 5) is 27.7. The summed E-state index contributed by atoms with van der Waals surface area (Å²) >= 11 is 1.51. The van der Waals surface area contributed by atoms with Crippen LogP contribution in [0, 0.1) is 11.3 Å². The first-order valence-electron chi connectivity index (χ1n) is 8.73. The molecule has 0 radical (unpaired) electrons. The van der Waals surface area contributed by atoms with E-state index in [0.717, 1.165) is 18.8 Å². The first-order chi connectivity index (χ1) is 13.0. The summed E-state index contributed by atoms with van der Waals surface area (Å²) in [5.41, 5.74) is 1.08. The summed E-state index contributed by atoms with van der Waals surface area (Å²) in [6.45, 7) is 2.93. The monoisotopic (exact) mass is 388 g/mol. The highest BCUT2D eigenvalue weighted by atomic mass is 32.2. The maximum absolute atomic E-state index is 12.3. The van der Waals surface area contributed by atoms with Gasteiger partial charge in [0.1, 0.15) is 17.7 Å². The topological polar surface area (TPSA) is 96.7 Å². The molecule has 27 heavy (non-hydrogen) atoms. The average Bonchev–Trinajstić information content (AvgIpc) is 2.70. The van der Waals surface area contributed by atoms with Gasteiger partial charge in [-0.05, 0) is 30.6 Å². The number of carbonyl (C=O) groups excluding carboxylic acids is 1. The number of carbonyl (C=O) groups is 2. The Morgan fingerprint density at radius 3 is 2.52 bits per heavy atom. The van der Waals surface area contributed by atoms with Gasteiger partial charge in [0.2, 0.25) is 0 Å². The lowest BCUT2D eigenvalue weighted by Crippen LogP contribution is -2.45. The zero-order valence-electron chi connectivity index (χ0n) is 15.3. The molecule has 1 heterocycles. The normalized spacial score (nSPS) is 15.8. The molecule has 1 aromatic carbocycles. The molecule has 144 valence electrons. The number of aliphatic carboxylic acids is 1. The summed E-state index contributed by atoms with van der Waals surface area (Å²) in [6, 6.07) is 11.0. The number of anilines is 1. The van der Waals surface area contributed by atoms with Gasteiger partial charge in [0.25, 0.3) is 5.91 Å². The second-order valence-electron chi connectivity index (χ2n) is 6.16. The molecule has 1 aromatic rings. The van der Waals surface area contributed by atoms with Crippen molar-refractivity contribution >= 4 is 29.3 Å². The molecule has 1 fully saturated rings. The maximum Gasteiger partial charge on any atom is 0.326 e. The summed E-state index contributed by atoms with van der Waals surface area (Å²) in [5.74, 6) is -1.12. The van der Waals surface area contributed by atoms with Gasteiger partial charge in [0.15, 0.2) is 0 Å². The van der Waals surface area contributed by atoms with Crippen molar-refractivity contribution in [3.63, 3.8) is 0 Å². The van der Waals surface area contributed by atoms with Crippen LogP contribution < -0.4 is 10.2 Å². The fraction of sp³-hybridized carbons (Fsp3) is 0.421. The Kier molecular flexibility index (Phi) is 8.01. The van der Waals surface area contributed by atoms with Gasteiger partial charge in [0, 0.05) is 38.1 Å². The van der Waals surface area contributed by atoms with E-state index < -0.39 is 17.9 Å². The van der Waals surface area contributed by atoms with Crippen LogP contribution in [0.25, 0.3) is 0 Å². The van der Waals surface area contributed by atoms with Crippen molar-refractivity contribution in [3.8, 4) is 6.07 Å². The Balaban J connectivity index is 1.94. The van der Waals surface area contributed by atoms with Gasteiger partial charge in [-0.2, -0.15) is 17.0 Å². The number of carboxylic acid groups (broad SMARTS) is 1. The molecular weight excluding hydrogens is 364 g/mol. The number of rotatable bonds is 8. The molecule has 1 atom stereocenters. The fourth-order valence-corrected chi connectivity index (χ4v) is 3.27. The number of benzene rings is 1. The first kappa shape index (κ1) is 20.6. The lowest BCUT2D eigenvalue weighted by molar-refractivity contribution is -0.141. The molecular formula is C19H24N4O3S. The number of amides is 1. The molecule has 2 rings (SSSR count). The van der Waals surface area contributed by atoms with Crippen LogP contribution in [-0.2, 0) is 9.59 Å². The van der Waals surface area contributed by atoms with Gasteiger partial charge in [-0.15, -0.1) is 0 Å². The molecule has 0 bridgehead atoms. The molecule has 1 aliphatic rings. The fourth-order valence-electron chi connectivity index (χ4n) is 2.80. The molecule has 0 spiro atoms. The minimum atomic E-state index is -1.09. The predicted octanol–water partition coefficient (Wildman–Crippen LogP) is 1.54. The van der Waals surface area contributed by atoms with Crippen molar-refractivity contribution in [2.75, 3.05) is 43.1 Å². The number of para-hydroxylation sites is 1. The van der Waals surface area contributed by atoms with E-state index in [4.69, 9.17) is 0 Å². The van der Waals surface area contributed by atoms with Crippen LogP contribution in [-0.4, -0.2) is 66.1 Å². The lowest BCUT2D eigenvalue weighted by atomic mass is 10.2. The molecule has 8 heteroatoms. The van der Waals surface area contributed by atoms with Gasteiger partial charge in [0.05, 0.1) is 0 Å². The van der Waals surface area contributed by atoms with Crippen molar-refractivity contribution < 1.29 is 14.7 Å². The number of hydrogen-bond acceptors (Lipinski definition) is 6. The molecule has 2 N–H and O–H groups in total. The van der Waals surface area contributed by atoms with E-state index in [1.54, 1.807) is 0 Å². The minimum absolute atomic E-state index is 0.0708. The van der Waals surface area contributed by atoms with Crippen LogP contribution in [0.4, 0.5) is 5.69 Å². The molecule has 7 nitrogen and oxygen atoms in total. The van der Waals surface area contributed by atoms with E-state index in [1.807, 2.05) is 35.4 Å². The second-order valence-corrected chi connectivity index (χ2v) is 7.14. The highest BCUT2D eigenvalue weighted by Gasteiger charge is 2.23. The van der Waals surface area contributed by atoms with Crippen molar-refractivity contribution in [1.82, 2.24) is 10.2 Å². The van der Waals surface area contributed by atoms with E-state index >= 15 is 0 Å². The van der Waals surface area contributed by atoms with Crippen molar-refractivity contribution in [3.05, 3.63) is 42.1 Å². The molecule has 0 aromatic heterocycles. The van der Waals surface area contributed by atoms with Crippen LogP contribution in [0.3, 0.4) is 0 Å². The number of thioether (sulfide) groups is 1. The van der Waals surface area contributed by atoms with Gasteiger partial charge >= 0.3 is 5.97 Å². The van der Waals surface area contributed by atoms with E-state index in [1.165, 1.54) is 18.0 Å². The van der Waals surface area contributed by atoms with E-state index in [-0.39, 0.29) is 5.57 Å². The summed E-state index contributed by atoms with van der Waals surface area (Å²) in [5, 5.41) is 21.0. The van der Waals surface area contributed by atoms with Crippen LogP contribution in [0.2, 0.25) is 0 Å². The smallest absolute Gasteiger partial charge is 0.326 e. The van der Waals surface area contributed by atoms with Crippen molar-refractivity contribution in [2.45, 2.75) is 12.5 Å². The van der Waals surface area contributed by atoms with Gasteiger partial charge in [-0.1, -0.05) is 18.2 Å². The highest BCUT2D eigenvalue weighted by molar-refractivity contribution is 7.98. The van der Waals surface area contributed by atoms with E-state index in [0.29, 0.717) is 25.3 Å². The number of nitrogens with zero attached hydrogens (tertiary/aromatic N) is 3. The number of nitrogens with one attached hydrogen (secondary N) is 1. The number of carboxylic acids is 1. The van der Waals surface area contributed by atoms with Crippen LogP contribution in [0.1, 0.15) is 6.42 Å². The Morgan fingerprint density at radius 1 is 1.30 bits per heavy atom. The zero-order valence-corrected chi connectivity index (χ0v) is 16.1. The largest absolute Gasteiger partial charge is 0.480 e. The molecule has 1 unspecified atom stereocenters. The Morgan fingerprint density at radius 2 is 1.96 bits per heavy atom. The van der Waals surface area contributed by atoms with Crippen LogP contribution in [0.5, 0.6) is 0 Å². The molecule has 1 aliphatic heterocycles. The average molecular weight is 388 g/mol. The number of nitriles is 1.